The lowest BCUT2D eigenvalue weighted by Gasteiger charge is -2.30. The number of carbonyl (C=O) groups excluding carboxylic acids is 2. The average Bonchev–Trinajstić information content (AvgIpc) is 2.64. The molecule has 0 aromatic heterocycles. The minimum Gasteiger partial charge on any atom is -0.480 e. The highest BCUT2D eigenvalue weighted by atomic mass is 16.4. The number of nitrogens with zero attached hydrogens (tertiary/aromatic N) is 1. The van der Waals surface area contributed by atoms with Gasteiger partial charge in [-0.1, -0.05) is 13.8 Å². The van der Waals surface area contributed by atoms with Crippen LogP contribution in [-0.4, -0.2) is 46.4 Å². The monoisotopic (exact) mass is 256 g/mol. The maximum Gasteiger partial charge on any atom is 0.325 e. The molecule has 2 N–H and O–H groups in total. The van der Waals surface area contributed by atoms with Crippen molar-refractivity contribution in [1.29, 1.82) is 0 Å². The summed E-state index contributed by atoms with van der Waals surface area (Å²) in [5.41, 5.74) is 0. The molecule has 1 heterocycles. The van der Waals surface area contributed by atoms with Gasteiger partial charge in [-0.2, -0.15) is 0 Å². The highest BCUT2D eigenvalue weighted by molar-refractivity contribution is 5.91. The third-order valence-corrected chi connectivity index (χ3v) is 3.08. The second kappa shape index (κ2) is 5.84. The maximum atomic E-state index is 12.1. The van der Waals surface area contributed by atoms with Crippen molar-refractivity contribution >= 4 is 17.8 Å². The van der Waals surface area contributed by atoms with Gasteiger partial charge >= 0.3 is 5.97 Å². The zero-order chi connectivity index (χ0) is 13.9. The van der Waals surface area contributed by atoms with Crippen LogP contribution in [0, 0.1) is 5.92 Å². The van der Waals surface area contributed by atoms with Crippen LogP contribution >= 0.6 is 0 Å². The third-order valence-electron chi connectivity index (χ3n) is 3.08. The average molecular weight is 256 g/mol. The predicted molar refractivity (Wildman–Crippen MR) is 64.8 cm³/mol. The standard InChI is InChI=1S/C12H20N2O4/c1-7(2)10(14-6-4-5-9(14)15)11(16)13-8(3)12(17)18/h7-8,10H,4-6H2,1-3H3,(H,13,16)(H,17,18)/t8-,10+/m0/s1. The summed E-state index contributed by atoms with van der Waals surface area (Å²) in [6.07, 6.45) is 1.22. The third kappa shape index (κ3) is 3.21. The first-order chi connectivity index (χ1) is 8.34. The fourth-order valence-electron chi connectivity index (χ4n) is 2.13. The van der Waals surface area contributed by atoms with E-state index < -0.39 is 24.0 Å². The highest BCUT2D eigenvalue weighted by Gasteiger charge is 2.35. The number of hydrogen-bond acceptors (Lipinski definition) is 3. The summed E-state index contributed by atoms with van der Waals surface area (Å²) in [5, 5.41) is 11.2. The van der Waals surface area contributed by atoms with Gasteiger partial charge in [-0.25, -0.2) is 0 Å². The number of hydrogen-bond donors (Lipinski definition) is 2. The Hall–Kier alpha value is -1.59. The van der Waals surface area contributed by atoms with Gasteiger partial charge in [0.25, 0.3) is 0 Å². The normalized spacial score (nSPS) is 18.9. The van der Waals surface area contributed by atoms with Crippen LogP contribution in [-0.2, 0) is 14.4 Å². The SMILES string of the molecule is CC(C)[C@H](C(=O)N[C@@H](C)C(=O)O)N1CCCC1=O. The molecule has 6 nitrogen and oxygen atoms in total. The van der Waals surface area contributed by atoms with E-state index in [0.717, 1.165) is 6.42 Å². The van der Waals surface area contributed by atoms with Crippen LogP contribution in [0.3, 0.4) is 0 Å². The van der Waals surface area contributed by atoms with Crippen LogP contribution in [0.4, 0.5) is 0 Å². The molecule has 1 saturated heterocycles. The van der Waals surface area contributed by atoms with Crippen LogP contribution in [0.2, 0.25) is 0 Å². The van der Waals surface area contributed by atoms with E-state index in [4.69, 9.17) is 5.11 Å². The molecule has 0 aromatic rings. The van der Waals surface area contributed by atoms with E-state index in [9.17, 15) is 14.4 Å². The summed E-state index contributed by atoms with van der Waals surface area (Å²) < 4.78 is 0. The van der Waals surface area contributed by atoms with Crippen LogP contribution in [0.25, 0.3) is 0 Å². The molecule has 0 saturated carbocycles. The molecule has 1 aliphatic heterocycles. The number of nitrogens with one attached hydrogen (secondary N) is 1. The Morgan fingerprint density at radius 3 is 2.33 bits per heavy atom. The van der Waals surface area contributed by atoms with Crippen molar-refractivity contribution < 1.29 is 19.5 Å². The molecule has 2 atom stereocenters. The van der Waals surface area contributed by atoms with Crippen molar-refractivity contribution in [3.8, 4) is 0 Å². The summed E-state index contributed by atoms with van der Waals surface area (Å²) in [4.78, 5) is 36.0. The van der Waals surface area contributed by atoms with Gasteiger partial charge in [0.1, 0.15) is 12.1 Å². The Kier molecular flexibility index (Phi) is 4.69. The molecule has 6 heteroatoms. The van der Waals surface area contributed by atoms with E-state index >= 15 is 0 Å². The van der Waals surface area contributed by atoms with E-state index in [1.54, 1.807) is 4.90 Å². The molecule has 0 radical (unpaired) electrons. The molecule has 18 heavy (non-hydrogen) atoms. The maximum absolute atomic E-state index is 12.1. The number of amides is 2. The number of rotatable bonds is 5. The molecule has 0 aliphatic carbocycles. The van der Waals surface area contributed by atoms with E-state index in [1.165, 1.54) is 6.92 Å². The molecule has 2 amide bonds. The molecule has 102 valence electrons. The van der Waals surface area contributed by atoms with Crippen LogP contribution in [0.1, 0.15) is 33.6 Å². The van der Waals surface area contributed by atoms with Crippen LogP contribution < -0.4 is 5.32 Å². The van der Waals surface area contributed by atoms with E-state index in [-0.39, 0.29) is 11.8 Å². The second-order valence-electron chi connectivity index (χ2n) is 4.95. The van der Waals surface area contributed by atoms with Crippen molar-refractivity contribution in [3.05, 3.63) is 0 Å². The number of carboxylic acids is 1. The van der Waals surface area contributed by atoms with Crippen LogP contribution in [0.15, 0.2) is 0 Å². The molecule has 0 bridgehead atoms. The second-order valence-corrected chi connectivity index (χ2v) is 4.95. The molecule has 0 spiro atoms. The van der Waals surface area contributed by atoms with Crippen molar-refractivity contribution in [2.75, 3.05) is 6.54 Å². The molecular formula is C12H20N2O4. The molecule has 1 rings (SSSR count). The zero-order valence-electron chi connectivity index (χ0n) is 11.0. The first-order valence-corrected chi connectivity index (χ1v) is 6.17. The summed E-state index contributed by atoms with van der Waals surface area (Å²) in [6.45, 7) is 5.67. The Morgan fingerprint density at radius 2 is 1.94 bits per heavy atom. The smallest absolute Gasteiger partial charge is 0.325 e. The van der Waals surface area contributed by atoms with Crippen molar-refractivity contribution in [1.82, 2.24) is 10.2 Å². The Bertz CT molecular complexity index is 354. The lowest BCUT2D eigenvalue weighted by Crippen LogP contribution is -2.53. The van der Waals surface area contributed by atoms with Crippen molar-refractivity contribution in [2.24, 2.45) is 5.92 Å². The molecule has 1 aliphatic rings. The van der Waals surface area contributed by atoms with Crippen molar-refractivity contribution in [2.45, 2.75) is 45.7 Å². The predicted octanol–water partition coefficient (Wildman–Crippen LogP) is 0.223. The Labute approximate surface area is 106 Å². The quantitative estimate of drug-likeness (QED) is 0.737. The molecule has 0 unspecified atom stereocenters. The van der Waals surface area contributed by atoms with E-state index in [1.807, 2.05) is 13.8 Å². The fraction of sp³-hybridized carbons (Fsp3) is 0.750. The molecule has 0 aromatic carbocycles. The first kappa shape index (κ1) is 14.5. The summed E-state index contributed by atoms with van der Waals surface area (Å²) in [5.74, 6) is -1.56. The first-order valence-electron chi connectivity index (χ1n) is 6.17. The molecular weight excluding hydrogens is 236 g/mol. The largest absolute Gasteiger partial charge is 0.480 e. The highest BCUT2D eigenvalue weighted by Crippen LogP contribution is 2.19. The number of aliphatic carboxylic acids is 1. The van der Waals surface area contributed by atoms with E-state index in [0.29, 0.717) is 13.0 Å². The summed E-state index contributed by atoms with van der Waals surface area (Å²) in [6, 6.07) is -1.53. The summed E-state index contributed by atoms with van der Waals surface area (Å²) in [7, 11) is 0. The van der Waals surface area contributed by atoms with Crippen molar-refractivity contribution in [3.63, 3.8) is 0 Å². The minimum absolute atomic E-state index is 0.0353. The fourth-order valence-corrected chi connectivity index (χ4v) is 2.13. The molecule has 1 fully saturated rings. The van der Waals surface area contributed by atoms with Gasteiger partial charge in [0.2, 0.25) is 11.8 Å². The lowest BCUT2D eigenvalue weighted by molar-refractivity contribution is -0.144. The number of carboxylic acid groups (broad SMARTS) is 1. The van der Waals surface area contributed by atoms with Gasteiger partial charge in [-0.3, -0.25) is 14.4 Å². The van der Waals surface area contributed by atoms with Gasteiger partial charge in [0.05, 0.1) is 0 Å². The van der Waals surface area contributed by atoms with Gasteiger partial charge in [-0.15, -0.1) is 0 Å². The Morgan fingerprint density at radius 1 is 1.33 bits per heavy atom. The van der Waals surface area contributed by atoms with Gasteiger partial charge in [0.15, 0.2) is 0 Å². The lowest BCUT2D eigenvalue weighted by atomic mass is 10.0. The van der Waals surface area contributed by atoms with Crippen LogP contribution in [0.5, 0.6) is 0 Å². The van der Waals surface area contributed by atoms with E-state index in [2.05, 4.69) is 5.32 Å². The minimum atomic E-state index is -1.08. The topological polar surface area (TPSA) is 86.7 Å². The van der Waals surface area contributed by atoms with Gasteiger partial charge in [-0.05, 0) is 19.3 Å². The zero-order valence-corrected chi connectivity index (χ0v) is 11.0. The Balaban J connectivity index is 2.76. The number of likely N-dealkylation sites (tertiary alicyclic amines) is 1. The van der Waals surface area contributed by atoms with Gasteiger partial charge in [0, 0.05) is 13.0 Å². The number of carbonyl (C=O) groups is 3. The summed E-state index contributed by atoms with van der Waals surface area (Å²) >= 11 is 0. The van der Waals surface area contributed by atoms with Gasteiger partial charge < -0.3 is 15.3 Å².